The van der Waals surface area contributed by atoms with E-state index in [4.69, 9.17) is 17.0 Å². The second kappa shape index (κ2) is 10.5. The summed E-state index contributed by atoms with van der Waals surface area (Å²) in [5.74, 6) is 0.156. The van der Waals surface area contributed by atoms with Crippen molar-refractivity contribution in [1.29, 1.82) is 0 Å². The fourth-order valence-corrected chi connectivity index (χ4v) is 4.94. The fourth-order valence-electron chi connectivity index (χ4n) is 3.61. The molecule has 172 valence electrons. The Morgan fingerprint density at radius 2 is 1.88 bits per heavy atom. The Kier molecular flexibility index (Phi) is 7.94. The summed E-state index contributed by atoms with van der Waals surface area (Å²) < 4.78 is 5.65. The number of esters is 1. The van der Waals surface area contributed by atoms with Gasteiger partial charge in [-0.3, -0.25) is 9.69 Å². The van der Waals surface area contributed by atoms with Crippen molar-refractivity contribution in [2.24, 2.45) is 0 Å². The van der Waals surface area contributed by atoms with Gasteiger partial charge in [0.1, 0.15) is 10.1 Å². The molecular formula is C22H27N3O5S2. The standard InChI is InChI=1S/C22H27N3O5S2/c1-4-23-16-8-7-14(21(29)30-6-3)11-17(16)25(12-15(27)13-26)19(23)10-9-18-20(28)24(5-2)22(31)32-18/h7-11,15,26-27H,4-6,12-13H2,1-3H3. The molecule has 0 saturated carbocycles. The highest BCUT2D eigenvalue weighted by Gasteiger charge is 2.34. The first-order chi connectivity index (χ1) is 15.4. The molecule has 2 N–H and O–H groups in total. The monoisotopic (exact) mass is 477 g/mol. The molecule has 2 aliphatic heterocycles. The van der Waals surface area contributed by atoms with Crippen LogP contribution in [0.4, 0.5) is 11.4 Å². The Hall–Kier alpha value is -2.40. The van der Waals surface area contributed by atoms with Gasteiger partial charge in [-0.2, -0.15) is 0 Å². The number of nitrogens with zero attached hydrogens (tertiary/aromatic N) is 3. The molecule has 2 heterocycles. The highest BCUT2D eigenvalue weighted by molar-refractivity contribution is 8.26. The maximum atomic E-state index is 12.6. The highest BCUT2D eigenvalue weighted by Crippen LogP contribution is 2.42. The number of thioether (sulfide) groups is 1. The van der Waals surface area contributed by atoms with E-state index in [1.54, 1.807) is 36.1 Å². The number of β-amino-alcohol motifs (C(OH)–C–C–N with tert-alkyl or cyclic N) is 1. The van der Waals surface area contributed by atoms with Crippen LogP contribution in [0.3, 0.4) is 0 Å². The van der Waals surface area contributed by atoms with Crippen LogP contribution in [-0.4, -0.2) is 70.3 Å². The molecule has 1 saturated heterocycles. The van der Waals surface area contributed by atoms with Gasteiger partial charge in [-0.05, 0) is 51.1 Å². The number of likely N-dealkylation sites (N-methyl/N-ethyl adjacent to an activating group) is 1. The van der Waals surface area contributed by atoms with Gasteiger partial charge < -0.3 is 24.7 Å². The molecule has 0 aromatic heterocycles. The second-order valence-corrected chi connectivity index (χ2v) is 8.76. The van der Waals surface area contributed by atoms with E-state index in [9.17, 15) is 19.8 Å². The number of aliphatic hydroxyl groups is 2. The zero-order chi connectivity index (χ0) is 23.4. The molecule has 1 fully saturated rings. The maximum Gasteiger partial charge on any atom is 0.338 e. The average Bonchev–Trinajstić information content (AvgIpc) is 3.23. The minimum Gasteiger partial charge on any atom is -0.462 e. The molecule has 1 aromatic carbocycles. The lowest BCUT2D eigenvalue weighted by Gasteiger charge is -2.26. The number of amides is 1. The van der Waals surface area contributed by atoms with Gasteiger partial charge in [0.2, 0.25) is 0 Å². The van der Waals surface area contributed by atoms with Crippen molar-refractivity contribution in [3.63, 3.8) is 0 Å². The van der Waals surface area contributed by atoms with Crippen LogP contribution in [0.1, 0.15) is 31.1 Å². The zero-order valence-corrected chi connectivity index (χ0v) is 19.9. The average molecular weight is 478 g/mol. The number of rotatable bonds is 8. The first kappa shape index (κ1) is 24.2. The highest BCUT2D eigenvalue weighted by atomic mass is 32.2. The molecule has 0 radical (unpaired) electrons. The third-order valence-corrected chi connectivity index (χ3v) is 6.51. The molecular weight excluding hydrogens is 450 g/mol. The van der Waals surface area contributed by atoms with Crippen molar-refractivity contribution in [3.8, 4) is 0 Å². The van der Waals surface area contributed by atoms with E-state index in [2.05, 4.69) is 0 Å². The molecule has 0 bridgehead atoms. The lowest BCUT2D eigenvalue weighted by molar-refractivity contribution is -0.122. The summed E-state index contributed by atoms with van der Waals surface area (Å²) >= 11 is 6.53. The van der Waals surface area contributed by atoms with Gasteiger partial charge in [-0.1, -0.05) is 24.0 Å². The number of allylic oxidation sites excluding steroid dienone is 2. The molecule has 32 heavy (non-hydrogen) atoms. The quantitative estimate of drug-likeness (QED) is 0.333. The fraction of sp³-hybridized carbons (Fsp3) is 0.409. The van der Waals surface area contributed by atoms with Crippen molar-refractivity contribution in [2.75, 3.05) is 42.6 Å². The summed E-state index contributed by atoms with van der Waals surface area (Å²) in [6, 6.07) is 5.26. The summed E-state index contributed by atoms with van der Waals surface area (Å²) in [7, 11) is 0. The van der Waals surface area contributed by atoms with Crippen LogP contribution >= 0.6 is 24.0 Å². The Balaban J connectivity index is 2.04. The largest absolute Gasteiger partial charge is 0.462 e. The van der Waals surface area contributed by atoms with Crippen molar-refractivity contribution < 1.29 is 24.5 Å². The van der Waals surface area contributed by atoms with E-state index in [-0.39, 0.29) is 19.1 Å². The number of ether oxygens (including phenoxy) is 1. The molecule has 1 amide bonds. The molecule has 1 aromatic rings. The normalized spacial score (nSPS) is 19.3. The lowest BCUT2D eigenvalue weighted by Crippen LogP contribution is -2.35. The predicted octanol–water partition coefficient (Wildman–Crippen LogP) is 2.47. The summed E-state index contributed by atoms with van der Waals surface area (Å²) in [6.07, 6.45) is 2.54. The second-order valence-electron chi connectivity index (χ2n) is 7.09. The molecule has 0 aliphatic carbocycles. The van der Waals surface area contributed by atoms with Gasteiger partial charge in [-0.25, -0.2) is 4.79 Å². The molecule has 8 nitrogen and oxygen atoms in total. The topological polar surface area (TPSA) is 93.5 Å². The number of fused-ring (bicyclic) bond motifs is 1. The summed E-state index contributed by atoms with van der Waals surface area (Å²) in [5.41, 5.74) is 1.97. The number of thiocarbonyl (C=S) groups is 1. The van der Waals surface area contributed by atoms with Crippen LogP contribution < -0.4 is 9.80 Å². The summed E-state index contributed by atoms with van der Waals surface area (Å²) in [6.45, 7) is 6.71. The van der Waals surface area contributed by atoms with Crippen molar-refractivity contribution in [3.05, 3.63) is 46.6 Å². The Morgan fingerprint density at radius 3 is 2.47 bits per heavy atom. The van der Waals surface area contributed by atoms with Gasteiger partial charge in [0, 0.05) is 13.1 Å². The van der Waals surface area contributed by atoms with Crippen LogP contribution in [0.15, 0.2) is 41.1 Å². The Morgan fingerprint density at radius 1 is 1.16 bits per heavy atom. The van der Waals surface area contributed by atoms with E-state index in [1.165, 1.54) is 11.8 Å². The van der Waals surface area contributed by atoms with E-state index in [0.717, 1.165) is 11.5 Å². The SMILES string of the molecule is CCOC(=O)c1ccc2c(c1)N(CC(O)CO)C(=CC=C1SC(=S)N(CC)C1=O)N2CC. The third kappa shape index (κ3) is 4.68. The lowest BCUT2D eigenvalue weighted by atomic mass is 10.1. The van der Waals surface area contributed by atoms with Crippen molar-refractivity contribution >= 4 is 51.6 Å². The number of aliphatic hydroxyl groups excluding tert-OH is 2. The molecule has 3 rings (SSSR count). The molecule has 2 aliphatic rings. The first-order valence-corrected chi connectivity index (χ1v) is 11.7. The Bertz CT molecular complexity index is 978. The van der Waals surface area contributed by atoms with Crippen LogP contribution in [0.25, 0.3) is 0 Å². The van der Waals surface area contributed by atoms with Gasteiger partial charge in [0.25, 0.3) is 5.91 Å². The number of carbonyl (C=O) groups is 2. The molecule has 0 spiro atoms. The van der Waals surface area contributed by atoms with Gasteiger partial charge in [0.05, 0.1) is 47.7 Å². The Labute approximate surface area is 197 Å². The number of benzene rings is 1. The molecule has 1 unspecified atom stereocenters. The predicted molar refractivity (Wildman–Crippen MR) is 130 cm³/mol. The minimum atomic E-state index is -0.993. The number of anilines is 2. The van der Waals surface area contributed by atoms with E-state index >= 15 is 0 Å². The molecule has 10 heteroatoms. The summed E-state index contributed by atoms with van der Waals surface area (Å²) in [4.78, 5) is 30.8. The number of hydrogen-bond acceptors (Lipinski definition) is 9. The van der Waals surface area contributed by atoms with Crippen molar-refractivity contribution in [2.45, 2.75) is 26.9 Å². The number of hydrogen-bond donors (Lipinski definition) is 2. The van der Waals surface area contributed by atoms with E-state index < -0.39 is 18.7 Å². The molecule has 1 atom stereocenters. The van der Waals surface area contributed by atoms with Gasteiger partial charge >= 0.3 is 5.97 Å². The maximum absolute atomic E-state index is 12.6. The van der Waals surface area contributed by atoms with Crippen LogP contribution in [0, 0.1) is 0 Å². The van der Waals surface area contributed by atoms with E-state index in [1.807, 2.05) is 29.7 Å². The van der Waals surface area contributed by atoms with Gasteiger partial charge in [0.15, 0.2) is 0 Å². The first-order valence-electron chi connectivity index (χ1n) is 10.5. The third-order valence-electron chi connectivity index (χ3n) is 5.12. The van der Waals surface area contributed by atoms with E-state index in [0.29, 0.717) is 33.6 Å². The zero-order valence-electron chi connectivity index (χ0n) is 18.3. The van der Waals surface area contributed by atoms with Crippen LogP contribution in [0.5, 0.6) is 0 Å². The number of carbonyl (C=O) groups excluding carboxylic acids is 2. The van der Waals surface area contributed by atoms with Crippen molar-refractivity contribution in [1.82, 2.24) is 4.90 Å². The van der Waals surface area contributed by atoms with Crippen LogP contribution in [0.2, 0.25) is 0 Å². The smallest absolute Gasteiger partial charge is 0.338 e. The van der Waals surface area contributed by atoms with Crippen LogP contribution in [-0.2, 0) is 9.53 Å². The van der Waals surface area contributed by atoms with Gasteiger partial charge in [-0.15, -0.1) is 0 Å². The minimum absolute atomic E-state index is 0.113. The summed E-state index contributed by atoms with van der Waals surface area (Å²) in [5, 5.41) is 19.6.